The fraction of sp³-hybridized carbons (Fsp3) is 0. The second-order valence-electron chi connectivity index (χ2n) is 0. The van der Waals surface area contributed by atoms with Crippen molar-refractivity contribution in [1.82, 2.24) is 0 Å². The molecule has 0 spiro atoms. The van der Waals surface area contributed by atoms with E-state index in [0.717, 1.165) is 0 Å². The topological polar surface area (TPSA) is 85.3 Å². The summed E-state index contributed by atoms with van der Waals surface area (Å²) in [4.78, 5) is 40.0. The first kappa shape index (κ1) is 49.8. The van der Waals surface area contributed by atoms with Crippen LogP contribution in [0, 0.1) is 0 Å². The van der Waals surface area contributed by atoms with E-state index in [2.05, 4.69) is 0 Å². The maximum absolute atomic E-state index is 8.00. The quantitative estimate of drug-likeness (QED) is 0.513. The van der Waals surface area contributed by atoms with Gasteiger partial charge in [-0.15, -0.1) is 0 Å². The third-order valence-electron chi connectivity index (χ3n) is 0. The van der Waals surface area contributed by atoms with Crippen molar-refractivity contribution in [2.24, 2.45) is 0 Å². The van der Waals surface area contributed by atoms with Crippen molar-refractivity contribution in [3.05, 3.63) is 0 Å². The molecular weight excluding hydrogens is 233 g/mol. The minimum atomic E-state index is 0. The third-order valence-corrected chi connectivity index (χ3v) is 0. The Morgan fingerprint density at radius 1 is 0.364 bits per heavy atom. The molecule has 1 radical (unpaired) electrons. The van der Waals surface area contributed by atoms with Gasteiger partial charge in [-0.2, -0.15) is 0 Å². The molecule has 0 aliphatic carbocycles. The van der Waals surface area contributed by atoms with Crippen molar-refractivity contribution >= 4 is 33.9 Å². The Labute approximate surface area is 80.7 Å². The Bertz CT molecular complexity index is 26.4. The van der Waals surface area contributed by atoms with E-state index in [1.54, 1.807) is 0 Å². The molecule has 6 heteroatoms. The second kappa shape index (κ2) is 719. The molecule has 0 aliphatic rings. The summed E-state index contributed by atoms with van der Waals surface area (Å²) in [5.41, 5.74) is 0. The minimum absolute atomic E-state index is 0. The van der Waals surface area contributed by atoms with Crippen LogP contribution in [0.1, 0.15) is 0 Å². The summed E-state index contributed by atoms with van der Waals surface area (Å²) >= 11 is 0. The van der Waals surface area contributed by atoms with Gasteiger partial charge in [0.1, 0.15) is 33.9 Å². The molecule has 0 aromatic heterocycles. The molecule has 5 nitrogen and oxygen atoms in total. The second-order valence-corrected chi connectivity index (χ2v) is 0. The van der Waals surface area contributed by atoms with Gasteiger partial charge in [0, 0.05) is 22.4 Å². The average Bonchev–Trinajstić information content (AvgIpc) is 2.20. The summed E-state index contributed by atoms with van der Waals surface area (Å²) in [7, 11) is 0. The van der Waals surface area contributed by atoms with Crippen LogP contribution in [0.5, 0.6) is 0 Å². The molecule has 0 aromatic rings. The van der Waals surface area contributed by atoms with Crippen molar-refractivity contribution in [3.8, 4) is 0 Å². The molecule has 0 saturated heterocycles. The van der Waals surface area contributed by atoms with Crippen molar-refractivity contribution in [3.63, 3.8) is 0 Å². The van der Waals surface area contributed by atoms with Crippen molar-refractivity contribution in [2.75, 3.05) is 0 Å². The van der Waals surface area contributed by atoms with Gasteiger partial charge in [0.25, 0.3) is 0 Å². The van der Waals surface area contributed by atoms with Gasteiger partial charge in [0.05, 0.1) is 0 Å². The van der Waals surface area contributed by atoms with Crippen LogP contribution in [0.15, 0.2) is 0 Å². The van der Waals surface area contributed by atoms with E-state index in [1.807, 2.05) is 33.9 Å². The first-order chi connectivity index (χ1) is 5.00. The molecule has 0 amide bonds. The van der Waals surface area contributed by atoms with Crippen molar-refractivity contribution < 1.29 is 46.4 Å². The monoisotopic (exact) mass is 243 g/mol. The molecular formula is C5H10NbO5. The van der Waals surface area contributed by atoms with Crippen molar-refractivity contribution in [1.29, 1.82) is 0 Å². The number of rotatable bonds is 0. The van der Waals surface area contributed by atoms with Crippen LogP contribution in [0.3, 0.4) is 0 Å². The van der Waals surface area contributed by atoms with Gasteiger partial charge in [0.15, 0.2) is 0 Å². The molecule has 11 heavy (non-hydrogen) atoms. The van der Waals surface area contributed by atoms with E-state index < -0.39 is 0 Å². The van der Waals surface area contributed by atoms with Gasteiger partial charge in [-0.3, -0.25) is 0 Å². The fourth-order valence-electron chi connectivity index (χ4n) is 0. The van der Waals surface area contributed by atoms with Gasteiger partial charge >= 0.3 is 0 Å². The SMILES string of the molecule is C=O.C=O.C=O.C=O.C=O.[Nb]. The molecule has 0 rings (SSSR count). The Balaban J connectivity index is -0.00000000694. The summed E-state index contributed by atoms with van der Waals surface area (Å²) in [5, 5.41) is 0. The van der Waals surface area contributed by atoms with Crippen LogP contribution in [0.25, 0.3) is 0 Å². The van der Waals surface area contributed by atoms with E-state index in [9.17, 15) is 0 Å². The van der Waals surface area contributed by atoms with Crippen LogP contribution in [-0.2, 0) is 46.4 Å². The zero-order valence-electron chi connectivity index (χ0n) is 6.02. The first-order valence-corrected chi connectivity index (χ1v) is 1.44. The molecule has 0 unspecified atom stereocenters. The zero-order valence-corrected chi connectivity index (χ0v) is 8.22. The molecule has 0 bridgehead atoms. The average molecular weight is 243 g/mol. The molecule has 0 aromatic carbocycles. The predicted molar refractivity (Wildman–Crippen MR) is 35.6 cm³/mol. The summed E-state index contributed by atoms with van der Waals surface area (Å²) in [6.45, 7) is 10.0. The molecule has 0 atom stereocenters. The maximum Gasteiger partial charge on any atom is 0.106 e. The summed E-state index contributed by atoms with van der Waals surface area (Å²) in [5.74, 6) is 0. The Morgan fingerprint density at radius 2 is 0.364 bits per heavy atom. The minimum Gasteiger partial charge on any atom is -0.307 e. The molecule has 0 saturated carbocycles. The summed E-state index contributed by atoms with van der Waals surface area (Å²) in [6.07, 6.45) is 0. The Hall–Kier alpha value is -0.910. The van der Waals surface area contributed by atoms with Gasteiger partial charge < -0.3 is 24.0 Å². The number of carbonyl (C=O) groups is 5. The van der Waals surface area contributed by atoms with Crippen molar-refractivity contribution in [2.45, 2.75) is 0 Å². The largest absolute Gasteiger partial charge is 0.307 e. The first-order valence-electron chi connectivity index (χ1n) is 1.44. The van der Waals surface area contributed by atoms with Crippen LogP contribution >= 0.6 is 0 Å². The fourth-order valence-corrected chi connectivity index (χ4v) is 0. The van der Waals surface area contributed by atoms with Crippen LogP contribution in [-0.4, -0.2) is 33.9 Å². The maximum atomic E-state index is 8.00. The smallest absolute Gasteiger partial charge is 0.106 e. The van der Waals surface area contributed by atoms with Gasteiger partial charge in [0.2, 0.25) is 0 Å². The molecule has 65 valence electrons. The van der Waals surface area contributed by atoms with Crippen LogP contribution in [0.4, 0.5) is 0 Å². The molecule has 0 fully saturated rings. The van der Waals surface area contributed by atoms with Crippen LogP contribution in [0.2, 0.25) is 0 Å². The van der Waals surface area contributed by atoms with Gasteiger partial charge in [-0.05, 0) is 0 Å². The Kier molecular flexibility index (Phi) is 3260. The number of hydrogen-bond donors (Lipinski definition) is 0. The standard InChI is InChI=1S/5CH2O.Nb/c5*1-2;/h5*1H2;. The molecule has 0 N–H and O–H groups in total. The van der Waals surface area contributed by atoms with Gasteiger partial charge in [-0.1, -0.05) is 0 Å². The normalized spacial score (nSPS) is 1.82. The number of hydrogen-bond acceptors (Lipinski definition) is 5. The summed E-state index contributed by atoms with van der Waals surface area (Å²) in [6, 6.07) is 0. The van der Waals surface area contributed by atoms with Crippen LogP contribution < -0.4 is 0 Å². The van der Waals surface area contributed by atoms with E-state index >= 15 is 0 Å². The summed E-state index contributed by atoms with van der Waals surface area (Å²) < 4.78 is 0. The van der Waals surface area contributed by atoms with E-state index in [-0.39, 0.29) is 22.4 Å². The molecule has 0 heterocycles. The number of carbonyl (C=O) groups excluding carboxylic acids is 5. The van der Waals surface area contributed by atoms with E-state index in [4.69, 9.17) is 24.0 Å². The Morgan fingerprint density at radius 3 is 0.364 bits per heavy atom. The molecule has 0 aliphatic heterocycles. The van der Waals surface area contributed by atoms with E-state index in [1.165, 1.54) is 0 Å². The van der Waals surface area contributed by atoms with E-state index in [0.29, 0.717) is 0 Å². The van der Waals surface area contributed by atoms with Gasteiger partial charge in [-0.25, -0.2) is 0 Å². The third kappa shape index (κ3) is 552. The zero-order chi connectivity index (χ0) is 10.0. The predicted octanol–water partition coefficient (Wildman–Crippen LogP) is -0.927.